The van der Waals surface area contributed by atoms with Crippen LogP contribution in [0.25, 0.3) is 0 Å². The predicted octanol–water partition coefficient (Wildman–Crippen LogP) is 0.591. The first-order valence-electron chi connectivity index (χ1n) is 8.67. The fourth-order valence-electron chi connectivity index (χ4n) is 3.14. The normalized spacial score (nSPS) is 22.2. The van der Waals surface area contributed by atoms with E-state index in [1.807, 2.05) is 0 Å². The first-order chi connectivity index (χ1) is 12.1. The highest BCUT2D eigenvalue weighted by atomic mass is 16.5. The second-order valence-corrected chi connectivity index (χ2v) is 7.32. The van der Waals surface area contributed by atoms with Crippen LogP contribution in [0, 0.1) is 11.3 Å². The number of ether oxygens (including phenoxy) is 1. The summed E-state index contributed by atoms with van der Waals surface area (Å²) < 4.78 is 5.04. The van der Waals surface area contributed by atoms with Crippen LogP contribution >= 0.6 is 0 Å². The lowest BCUT2D eigenvalue weighted by molar-refractivity contribution is -0.157. The van der Waals surface area contributed by atoms with E-state index in [1.54, 1.807) is 0 Å². The number of nitriles is 1. The molecule has 1 heterocycles. The Morgan fingerprint density at radius 2 is 1.92 bits per heavy atom. The molecule has 1 aliphatic heterocycles. The van der Waals surface area contributed by atoms with Crippen molar-refractivity contribution >= 4 is 23.8 Å². The van der Waals surface area contributed by atoms with Gasteiger partial charge in [0, 0.05) is 0 Å². The van der Waals surface area contributed by atoms with Crippen LogP contribution in [-0.2, 0) is 19.1 Å². The summed E-state index contributed by atoms with van der Waals surface area (Å²) in [4.78, 5) is 48.9. The molecule has 142 valence electrons. The van der Waals surface area contributed by atoms with Crippen molar-refractivity contribution in [3.63, 3.8) is 0 Å². The van der Waals surface area contributed by atoms with Crippen LogP contribution in [0.1, 0.15) is 52.9 Å². The number of carbonyl (C=O) groups excluding carboxylic acids is 4. The molecule has 2 rings (SSSR count). The Hall–Kier alpha value is -2.63. The summed E-state index contributed by atoms with van der Waals surface area (Å²) in [7, 11) is 0. The number of carbonyl (C=O) groups is 4. The average molecular weight is 364 g/mol. The third-order valence-electron chi connectivity index (χ3n) is 4.69. The van der Waals surface area contributed by atoms with Crippen LogP contribution in [0.5, 0.6) is 0 Å². The van der Waals surface area contributed by atoms with E-state index in [4.69, 9.17) is 4.74 Å². The van der Waals surface area contributed by atoms with Gasteiger partial charge in [-0.1, -0.05) is 19.3 Å². The Bertz CT molecular complexity index is 661. The molecule has 0 bridgehead atoms. The van der Waals surface area contributed by atoms with E-state index in [2.05, 4.69) is 16.7 Å². The van der Waals surface area contributed by atoms with Crippen LogP contribution in [0.4, 0.5) is 4.79 Å². The number of hydrogen-bond donors (Lipinski definition) is 2. The van der Waals surface area contributed by atoms with Gasteiger partial charge in [-0.05, 0) is 33.6 Å². The number of esters is 1. The summed E-state index contributed by atoms with van der Waals surface area (Å²) in [5, 5.41) is 14.5. The molecule has 2 aliphatic rings. The van der Waals surface area contributed by atoms with E-state index in [0.29, 0.717) is 12.8 Å². The van der Waals surface area contributed by atoms with E-state index in [9.17, 15) is 24.4 Å². The van der Waals surface area contributed by atoms with E-state index < -0.39 is 47.5 Å². The van der Waals surface area contributed by atoms with E-state index in [1.165, 1.54) is 20.8 Å². The quantitative estimate of drug-likeness (QED) is 0.543. The smallest absolute Gasteiger partial charge is 0.327 e. The van der Waals surface area contributed by atoms with Gasteiger partial charge < -0.3 is 15.4 Å². The molecule has 0 aromatic carbocycles. The van der Waals surface area contributed by atoms with Crippen molar-refractivity contribution in [2.45, 2.75) is 70.1 Å². The van der Waals surface area contributed by atoms with E-state index in [0.717, 1.165) is 24.2 Å². The maximum absolute atomic E-state index is 12.3. The van der Waals surface area contributed by atoms with Gasteiger partial charge in [0.2, 0.25) is 0 Å². The number of rotatable bonds is 5. The van der Waals surface area contributed by atoms with Crippen LogP contribution in [0.2, 0.25) is 0 Å². The SMILES string of the molecule is CC(OC(=O)CN1C(=O)NC(C)(C)C1=O)C(=O)NC1(C#N)CCCCC1. The van der Waals surface area contributed by atoms with Crippen LogP contribution in [-0.4, -0.2) is 52.4 Å². The third-order valence-corrected chi connectivity index (χ3v) is 4.69. The van der Waals surface area contributed by atoms with Crippen molar-refractivity contribution in [3.05, 3.63) is 0 Å². The van der Waals surface area contributed by atoms with Gasteiger partial charge in [-0.2, -0.15) is 5.26 Å². The van der Waals surface area contributed by atoms with E-state index >= 15 is 0 Å². The lowest BCUT2D eigenvalue weighted by atomic mass is 9.83. The maximum Gasteiger partial charge on any atom is 0.327 e. The molecule has 0 radical (unpaired) electrons. The lowest BCUT2D eigenvalue weighted by Crippen LogP contribution is -2.52. The molecule has 2 N–H and O–H groups in total. The van der Waals surface area contributed by atoms with Crippen molar-refractivity contribution in [2.75, 3.05) is 6.54 Å². The highest BCUT2D eigenvalue weighted by molar-refractivity contribution is 6.08. The summed E-state index contributed by atoms with van der Waals surface area (Å²) in [5.74, 6) is -1.98. The van der Waals surface area contributed by atoms with Crippen molar-refractivity contribution in [1.29, 1.82) is 5.26 Å². The molecule has 1 aliphatic carbocycles. The molecular formula is C17H24N4O5. The van der Waals surface area contributed by atoms with Gasteiger partial charge >= 0.3 is 12.0 Å². The summed E-state index contributed by atoms with van der Waals surface area (Å²) in [5.41, 5.74) is -2.01. The predicted molar refractivity (Wildman–Crippen MR) is 89.4 cm³/mol. The Kier molecular flexibility index (Phi) is 5.54. The van der Waals surface area contributed by atoms with Crippen molar-refractivity contribution in [2.24, 2.45) is 0 Å². The fourth-order valence-corrected chi connectivity index (χ4v) is 3.14. The maximum atomic E-state index is 12.3. The molecular weight excluding hydrogens is 340 g/mol. The zero-order chi connectivity index (χ0) is 19.5. The summed E-state index contributed by atoms with van der Waals surface area (Å²) in [6.45, 7) is 3.87. The first-order valence-corrected chi connectivity index (χ1v) is 8.67. The number of hydrogen-bond acceptors (Lipinski definition) is 6. The summed E-state index contributed by atoms with van der Waals surface area (Å²) >= 11 is 0. The van der Waals surface area contributed by atoms with Crippen LogP contribution in [0.3, 0.4) is 0 Å². The fraction of sp³-hybridized carbons (Fsp3) is 0.706. The zero-order valence-electron chi connectivity index (χ0n) is 15.3. The standard InChI is InChI=1S/C17H24N4O5/c1-11(13(23)19-17(10-18)7-5-4-6-8-17)26-12(22)9-21-14(24)16(2,3)20-15(21)25/h11H,4-9H2,1-3H3,(H,19,23)(H,20,25). The van der Waals surface area contributed by atoms with E-state index in [-0.39, 0.29) is 0 Å². The minimum absolute atomic E-state index is 0.540. The molecule has 1 unspecified atom stereocenters. The molecule has 0 aromatic heterocycles. The number of nitrogens with one attached hydrogen (secondary N) is 2. The van der Waals surface area contributed by atoms with Crippen LogP contribution < -0.4 is 10.6 Å². The molecule has 0 aromatic rings. The highest BCUT2D eigenvalue weighted by Crippen LogP contribution is 2.27. The summed E-state index contributed by atoms with van der Waals surface area (Å²) in [6, 6.07) is 1.48. The van der Waals surface area contributed by atoms with Gasteiger partial charge in [0.15, 0.2) is 6.10 Å². The number of imide groups is 1. The number of nitrogens with zero attached hydrogens (tertiary/aromatic N) is 2. The molecule has 1 saturated carbocycles. The number of urea groups is 1. The number of amides is 4. The van der Waals surface area contributed by atoms with Crippen molar-refractivity contribution in [1.82, 2.24) is 15.5 Å². The molecule has 4 amide bonds. The second-order valence-electron chi connectivity index (χ2n) is 7.32. The molecule has 9 heteroatoms. The molecule has 26 heavy (non-hydrogen) atoms. The Balaban J connectivity index is 1.90. The third kappa shape index (κ3) is 4.12. The van der Waals surface area contributed by atoms with Crippen molar-refractivity contribution in [3.8, 4) is 6.07 Å². The minimum Gasteiger partial charge on any atom is -0.451 e. The largest absolute Gasteiger partial charge is 0.451 e. The summed E-state index contributed by atoms with van der Waals surface area (Å²) in [6.07, 6.45) is 2.71. The van der Waals surface area contributed by atoms with Gasteiger partial charge in [-0.25, -0.2) is 4.79 Å². The monoisotopic (exact) mass is 364 g/mol. The van der Waals surface area contributed by atoms with Crippen molar-refractivity contribution < 1.29 is 23.9 Å². The Labute approximate surface area is 152 Å². The Morgan fingerprint density at radius 1 is 1.31 bits per heavy atom. The molecule has 1 atom stereocenters. The topological polar surface area (TPSA) is 129 Å². The van der Waals surface area contributed by atoms with Gasteiger partial charge in [0.05, 0.1) is 6.07 Å². The van der Waals surface area contributed by atoms with Gasteiger partial charge in [0.25, 0.3) is 11.8 Å². The zero-order valence-corrected chi connectivity index (χ0v) is 15.3. The molecule has 9 nitrogen and oxygen atoms in total. The van der Waals surface area contributed by atoms with Gasteiger partial charge in [-0.3, -0.25) is 19.3 Å². The Morgan fingerprint density at radius 3 is 2.42 bits per heavy atom. The molecule has 1 saturated heterocycles. The van der Waals surface area contributed by atoms with Gasteiger partial charge in [-0.15, -0.1) is 0 Å². The average Bonchev–Trinajstić information content (AvgIpc) is 2.77. The molecule has 2 fully saturated rings. The minimum atomic E-state index is -1.14. The lowest BCUT2D eigenvalue weighted by Gasteiger charge is -2.32. The highest BCUT2D eigenvalue weighted by Gasteiger charge is 2.45. The first kappa shape index (κ1) is 19.7. The van der Waals surface area contributed by atoms with Crippen LogP contribution in [0.15, 0.2) is 0 Å². The van der Waals surface area contributed by atoms with Gasteiger partial charge in [0.1, 0.15) is 17.6 Å². The molecule has 0 spiro atoms. The second kappa shape index (κ2) is 7.32.